The van der Waals surface area contributed by atoms with Crippen molar-refractivity contribution in [3.8, 4) is 6.07 Å². The lowest BCUT2D eigenvalue weighted by Gasteiger charge is -2.19. The summed E-state index contributed by atoms with van der Waals surface area (Å²) in [4.78, 5) is 16.7. The Labute approximate surface area is 162 Å². The first kappa shape index (κ1) is 17.7. The fourth-order valence-corrected chi connectivity index (χ4v) is 6.59. The van der Waals surface area contributed by atoms with Crippen LogP contribution in [0.1, 0.15) is 53.1 Å². The minimum atomic E-state index is 0.0339. The lowest BCUT2D eigenvalue weighted by molar-refractivity contribution is -0.910. The molecule has 4 nitrogen and oxygen atoms in total. The number of quaternary nitrogens is 1. The van der Waals surface area contributed by atoms with Gasteiger partial charge in [0.1, 0.15) is 17.1 Å². The molecule has 0 aromatic carbocycles. The molecule has 1 aliphatic heterocycles. The molecule has 3 heterocycles. The summed E-state index contributed by atoms with van der Waals surface area (Å²) in [7, 11) is 0. The van der Waals surface area contributed by atoms with Gasteiger partial charge in [0, 0.05) is 17.7 Å². The van der Waals surface area contributed by atoms with E-state index < -0.39 is 0 Å². The Morgan fingerprint density at radius 2 is 2.35 bits per heavy atom. The lowest BCUT2D eigenvalue weighted by atomic mass is 9.89. The van der Waals surface area contributed by atoms with Crippen molar-refractivity contribution in [1.29, 1.82) is 5.26 Å². The van der Waals surface area contributed by atoms with E-state index in [0.717, 1.165) is 37.2 Å². The third kappa shape index (κ3) is 3.44. The minimum absolute atomic E-state index is 0.0339. The summed E-state index contributed by atoms with van der Waals surface area (Å²) in [5, 5.41) is 15.5. The zero-order valence-corrected chi connectivity index (χ0v) is 16.6. The van der Waals surface area contributed by atoms with E-state index in [1.807, 2.05) is 0 Å². The number of fused-ring (bicyclic) bond motifs is 1. The minimum Gasteiger partial charge on any atom is -0.320 e. The quantitative estimate of drug-likeness (QED) is 0.848. The van der Waals surface area contributed by atoms with Crippen LogP contribution < -0.4 is 10.2 Å². The highest BCUT2D eigenvalue weighted by molar-refractivity contribution is 7.16. The molecule has 1 unspecified atom stereocenters. The van der Waals surface area contributed by atoms with Crippen LogP contribution in [0.2, 0.25) is 0 Å². The SMILES string of the molecule is C[C@@H]1CCc2c(sc(NC(=O)C[NH+]3CCC[C@@H]3c3cccs3)c2C#N)C1. The highest BCUT2D eigenvalue weighted by Crippen LogP contribution is 2.39. The van der Waals surface area contributed by atoms with Crippen molar-refractivity contribution >= 4 is 33.6 Å². The van der Waals surface area contributed by atoms with Gasteiger partial charge < -0.3 is 10.2 Å². The highest BCUT2D eigenvalue weighted by Gasteiger charge is 2.33. The van der Waals surface area contributed by atoms with Gasteiger partial charge in [0.25, 0.3) is 5.91 Å². The lowest BCUT2D eigenvalue weighted by Crippen LogP contribution is -3.11. The van der Waals surface area contributed by atoms with E-state index in [1.54, 1.807) is 22.7 Å². The first-order valence-electron chi connectivity index (χ1n) is 9.38. The molecule has 0 spiro atoms. The third-order valence-electron chi connectivity index (χ3n) is 5.63. The molecule has 2 N–H and O–H groups in total. The van der Waals surface area contributed by atoms with Crippen molar-refractivity contribution in [2.24, 2.45) is 5.92 Å². The van der Waals surface area contributed by atoms with Crippen LogP contribution in [-0.2, 0) is 17.6 Å². The number of nitrogens with zero attached hydrogens (tertiary/aromatic N) is 1. The number of likely N-dealkylation sites (tertiary alicyclic amines) is 1. The molecule has 6 heteroatoms. The number of carbonyl (C=O) groups is 1. The summed E-state index contributed by atoms with van der Waals surface area (Å²) in [6.45, 7) is 3.78. The average Bonchev–Trinajstić information content (AvgIpc) is 3.33. The molecule has 1 fully saturated rings. The molecule has 136 valence electrons. The maximum Gasteiger partial charge on any atom is 0.280 e. The van der Waals surface area contributed by atoms with Crippen LogP contribution in [0.5, 0.6) is 0 Å². The van der Waals surface area contributed by atoms with Crippen molar-refractivity contribution < 1.29 is 9.69 Å². The van der Waals surface area contributed by atoms with E-state index in [-0.39, 0.29) is 5.91 Å². The molecule has 4 rings (SSSR count). The van der Waals surface area contributed by atoms with Crippen LogP contribution in [-0.4, -0.2) is 19.0 Å². The molecule has 2 aliphatic rings. The predicted octanol–water partition coefficient (Wildman–Crippen LogP) is 3.16. The smallest absolute Gasteiger partial charge is 0.280 e. The summed E-state index contributed by atoms with van der Waals surface area (Å²) in [6, 6.07) is 7.05. The standard InChI is InChI=1S/C20H23N3OS2/c1-13-6-7-14-15(11-21)20(26-18(14)10-13)22-19(24)12-23-8-2-4-16(23)17-5-3-9-25-17/h3,5,9,13,16H,2,4,6-8,10,12H2,1H3,(H,22,24)/p+1/t13-,16-/m1/s1. The van der Waals surface area contributed by atoms with E-state index >= 15 is 0 Å². The van der Waals surface area contributed by atoms with Crippen molar-refractivity contribution in [3.63, 3.8) is 0 Å². The van der Waals surface area contributed by atoms with Crippen LogP contribution in [0.15, 0.2) is 17.5 Å². The second-order valence-corrected chi connectivity index (χ2v) is 9.60. The molecule has 2 aromatic rings. The Balaban J connectivity index is 1.46. The second-order valence-electron chi connectivity index (χ2n) is 7.51. The van der Waals surface area contributed by atoms with Crippen LogP contribution >= 0.6 is 22.7 Å². The third-order valence-corrected chi connectivity index (χ3v) is 7.79. The Hall–Kier alpha value is -1.68. The number of hydrogen-bond acceptors (Lipinski definition) is 4. The van der Waals surface area contributed by atoms with E-state index in [4.69, 9.17) is 0 Å². The molecular formula is C20H24N3OS2+. The van der Waals surface area contributed by atoms with Crippen LogP contribution in [0.25, 0.3) is 0 Å². The molecule has 26 heavy (non-hydrogen) atoms. The number of anilines is 1. The van der Waals surface area contributed by atoms with E-state index in [1.165, 1.54) is 26.6 Å². The van der Waals surface area contributed by atoms with Gasteiger partial charge in [-0.2, -0.15) is 5.26 Å². The first-order chi connectivity index (χ1) is 12.7. The highest BCUT2D eigenvalue weighted by atomic mass is 32.1. The van der Waals surface area contributed by atoms with Gasteiger partial charge >= 0.3 is 0 Å². The fourth-order valence-electron chi connectivity index (χ4n) is 4.29. The second kappa shape index (κ2) is 7.51. The summed E-state index contributed by atoms with van der Waals surface area (Å²) < 4.78 is 0. The Kier molecular flexibility index (Phi) is 5.12. The van der Waals surface area contributed by atoms with Crippen LogP contribution in [0, 0.1) is 17.2 Å². The number of rotatable bonds is 4. The number of amides is 1. The summed E-state index contributed by atoms with van der Waals surface area (Å²) in [5.41, 5.74) is 1.88. The van der Waals surface area contributed by atoms with Gasteiger partial charge in [0.15, 0.2) is 6.54 Å². The maximum absolute atomic E-state index is 12.7. The Bertz CT molecular complexity index is 834. The Morgan fingerprint density at radius 3 is 3.12 bits per heavy atom. The molecule has 2 aromatic heterocycles. The molecule has 1 saturated heterocycles. The van der Waals surface area contributed by atoms with Crippen molar-refractivity contribution in [1.82, 2.24) is 0 Å². The molecule has 0 radical (unpaired) electrons. The fraction of sp³-hybridized carbons (Fsp3) is 0.500. The van der Waals surface area contributed by atoms with Crippen LogP contribution in [0.4, 0.5) is 5.00 Å². The molecule has 1 amide bonds. The predicted molar refractivity (Wildman–Crippen MR) is 106 cm³/mol. The van der Waals surface area contributed by atoms with Crippen molar-refractivity contribution in [2.75, 3.05) is 18.4 Å². The zero-order chi connectivity index (χ0) is 18.1. The average molecular weight is 387 g/mol. The van der Waals surface area contributed by atoms with Gasteiger partial charge in [0.2, 0.25) is 0 Å². The van der Waals surface area contributed by atoms with Gasteiger partial charge in [-0.05, 0) is 42.2 Å². The van der Waals surface area contributed by atoms with Crippen LogP contribution in [0.3, 0.4) is 0 Å². The van der Waals surface area contributed by atoms with Crippen molar-refractivity contribution in [3.05, 3.63) is 38.4 Å². The first-order valence-corrected chi connectivity index (χ1v) is 11.1. The van der Waals surface area contributed by atoms with E-state index in [0.29, 0.717) is 24.1 Å². The molecule has 0 saturated carbocycles. The normalized spacial score (nSPS) is 24.8. The summed E-state index contributed by atoms with van der Waals surface area (Å²) in [5.74, 6) is 0.698. The van der Waals surface area contributed by atoms with Gasteiger partial charge in [-0.1, -0.05) is 13.0 Å². The monoisotopic (exact) mass is 386 g/mol. The number of nitrogens with one attached hydrogen (secondary N) is 2. The number of nitriles is 1. The van der Waals surface area contributed by atoms with Crippen molar-refractivity contribution in [2.45, 2.75) is 45.1 Å². The zero-order valence-electron chi connectivity index (χ0n) is 15.0. The molecular weight excluding hydrogens is 362 g/mol. The number of hydrogen-bond donors (Lipinski definition) is 2. The molecule has 0 bridgehead atoms. The molecule has 1 aliphatic carbocycles. The largest absolute Gasteiger partial charge is 0.320 e. The van der Waals surface area contributed by atoms with Gasteiger partial charge in [-0.25, -0.2) is 0 Å². The van der Waals surface area contributed by atoms with Gasteiger partial charge in [-0.15, -0.1) is 22.7 Å². The topological polar surface area (TPSA) is 57.3 Å². The summed E-state index contributed by atoms with van der Waals surface area (Å²) in [6.07, 6.45) is 5.44. The van der Waals surface area contributed by atoms with E-state index in [9.17, 15) is 10.1 Å². The van der Waals surface area contributed by atoms with Gasteiger partial charge in [0.05, 0.1) is 17.0 Å². The number of thiophene rings is 2. The van der Waals surface area contributed by atoms with E-state index in [2.05, 4.69) is 35.8 Å². The Morgan fingerprint density at radius 1 is 1.46 bits per heavy atom. The van der Waals surface area contributed by atoms with Gasteiger partial charge in [-0.3, -0.25) is 4.79 Å². The molecule has 3 atom stereocenters. The number of carbonyl (C=O) groups excluding carboxylic acids is 1. The summed E-state index contributed by atoms with van der Waals surface area (Å²) >= 11 is 3.40. The maximum atomic E-state index is 12.7.